The van der Waals surface area contributed by atoms with Crippen LogP contribution in [-0.2, 0) is 0 Å². The summed E-state index contributed by atoms with van der Waals surface area (Å²) in [5, 5.41) is 17.1. The van der Waals surface area contributed by atoms with E-state index in [1.165, 1.54) is 6.20 Å². The first kappa shape index (κ1) is 8.65. The fourth-order valence-electron chi connectivity index (χ4n) is 0.796. The summed E-state index contributed by atoms with van der Waals surface area (Å²) < 4.78 is 0. The van der Waals surface area contributed by atoms with Gasteiger partial charge in [-0.15, -0.1) is 0 Å². The molecule has 4 nitrogen and oxygen atoms in total. The molecule has 0 spiro atoms. The van der Waals surface area contributed by atoms with Crippen LogP contribution in [0.3, 0.4) is 0 Å². The number of aliphatic hydroxyl groups excluding tert-OH is 1. The lowest BCUT2D eigenvalue weighted by Crippen LogP contribution is -2.14. The van der Waals surface area contributed by atoms with Crippen LogP contribution in [0.15, 0.2) is 18.3 Å². The SMILES string of the molecule is N#Cc1ccc(C(N)CO)cn1. The zero-order chi connectivity index (χ0) is 8.97. The van der Waals surface area contributed by atoms with E-state index in [9.17, 15) is 0 Å². The standard InChI is InChI=1S/C8H9N3O/c9-3-7-2-1-6(4-11-7)8(10)5-12/h1-2,4,8,12H,5,10H2. The summed E-state index contributed by atoms with van der Waals surface area (Å²) in [7, 11) is 0. The molecular weight excluding hydrogens is 154 g/mol. The molecule has 0 radical (unpaired) electrons. The normalized spacial score (nSPS) is 12.1. The summed E-state index contributed by atoms with van der Waals surface area (Å²) in [6.07, 6.45) is 1.50. The first-order valence-corrected chi connectivity index (χ1v) is 3.50. The molecule has 12 heavy (non-hydrogen) atoms. The smallest absolute Gasteiger partial charge is 0.140 e. The molecular formula is C8H9N3O. The maximum atomic E-state index is 8.70. The van der Waals surface area contributed by atoms with Crippen molar-refractivity contribution in [2.45, 2.75) is 6.04 Å². The third-order valence-electron chi connectivity index (χ3n) is 1.53. The van der Waals surface area contributed by atoms with Crippen molar-refractivity contribution in [2.75, 3.05) is 6.61 Å². The van der Waals surface area contributed by atoms with Crippen molar-refractivity contribution in [2.24, 2.45) is 5.73 Å². The third kappa shape index (κ3) is 1.78. The van der Waals surface area contributed by atoms with Crippen LogP contribution in [0.2, 0.25) is 0 Å². The molecule has 0 aliphatic rings. The predicted octanol–water partition coefficient (Wildman–Crippen LogP) is -0.0546. The van der Waals surface area contributed by atoms with E-state index in [1.807, 2.05) is 6.07 Å². The third-order valence-corrected chi connectivity index (χ3v) is 1.53. The van der Waals surface area contributed by atoms with Gasteiger partial charge >= 0.3 is 0 Å². The molecule has 0 aliphatic heterocycles. The molecule has 0 aliphatic carbocycles. The highest BCUT2D eigenvalue weighted by atomic mass is 16.3. The number of nitrogens with zero attached hydrogens (tertiary/aromatic N) is 2. The van der Waals surface area contributed by atoms with Crippen molar-refractivity contribution < 1.29 is 5.11 Å². The Morgan fingerprint density at radius 3 is 2.83 bits per heavy atom. The zero-order valence-corrected chi connectivity index (χ0v) is 6.44. The van der Waals surface area contributed by atoms with Gasteiger partial charge in [-0.2, -0.15) is 5.26 Å². The second-order valence-corrected chi connectivity index (χ2v) is 2.38. The Kier molecular flexibility index (Phi) is 2.75. The Morgan fingerprint density at radius 1 is 1.67 bits per heavy atom. The minimum absolute atomic E-state index is 0.117. The van der Waals surface area contributed by atoms with Crippen LogP contribution >= 0.6 is 0 Å². The van der Waals surface area contributed by atoms with Gasteiger partial charge in [0.05, 0.1) is 12.6 Å². The summed E-state index contributed by atoms with van der Waals surface area (Å²) in [6, 6.07) is 4.75. The molecule has 1 heterocycles. The van der Waals surface area contributed by atoms with E-state index in [-0.39, 0.29) is 6.61 Å². The van der Waals surface area contributed by atoms with Gasteiger partial charge < -0.3 is 10.8 Å². The van der Waals surface area contributed by atoms with E-state index in [0.717, 1.165) is 5.56 Å². The van der Waals surface area contributed by atoms with E-state index in [2.05, 4.69) is 4.98 Å². The predicted molar refractivity (Wildman–Crippen MR) is 43.0 cm³/mol. The molecule has 3 N–H and O–H groups in total. The number of pyridine rings is 1. The first-order valence-electron chi connectivity index (χ1n) is 3.50. The van der Waals surface area contributed by atoms with E-state index in [0.29, 0.717) is 5.69 Å². The lowest BCUT2D eigenvalue weighted by molar-refractivity contribution is 0.268. The van der Waals surface area contributed by atoms with E-state index in [4.69, 9.17) is 16.1 Å². The Morgan fingerprint density at radius 2 is 2.42 bits per heavy atom. The van der Waals surface area contributed by atoms with Crippen molar-refractivity contribution in [1.29, 1.82) is 5.26 Å². The quantitative estimate of drug-likeness (QED) is 0.640. The molecule has 0 aromatic carbocycles. The molecule has 0 fully saturated rings. The summed E-state index contributed by atoms with van der Waals surface area (Å²) in [4.78, 5) is 3.81. The van der Waals surface area contributed by atoms with E-state index < -0.39 is 6.04 Å². The number of aliphatic hydroxyl groups is 1. The number of rotatable bonds is 2. The molecule has 0 saturated heterocycles. The van der Waals surface area contributed by atoms with Crippen molar-refractivity contribution >= 4 is 0 Å². The molecule has 1 aromatic rings. The van der Waals surface area contributed by atoms with Crippen LogP contribution in [0.5, 0.6) is 0 Å². The highest BCUT2D eigenvalue weighted by Gasteiger charge is 2.03. The van der Waals surface area contributed by atoms with Crippen LogP contribution < -0.4 is 5.73 Å². The van der Waals surface area contributed by atoms with Crippen LogP contribution in [-0.4, -0.2) is 16.7 Å². The topological polar surface area (TPSA) is 82.9 Å². The summed E-state index contributed by atoms with van der Waals surface area (Å²) in [5.74, 6) is 0. The maximum Gasteiger partial charge on any atom is 0.140 e. The van der Waals surface area contributed by atoms with Crippen LogP contribution in [0.1, 0.15) is 17.3 Å². The number of nitriles is 1. The van der Waals surface area contributed by atoms with Gasteiger partial charge in [0.25, 0.3) is 0 Å². The van der Waals surface area contributed by atoms with Gasteiger partial charge in [-0.1, -0.05) is 6.07 Å². The average molecular weight is 163 g/mol. The highest BCUT2D eigenvalue weighted by molar-refractivity contribution is 5.24. The van der Waals surface area contributed by atoms with E-state index in [1.54, 1.807) is 12.1 Å². The minimum Gasteiger partial charge on any atom is -0.394 e. The number of aromatic nitrogens is 1. The Labute approximate surface area is 70.3 Å². The Balaban J connectivity index is 2.86. The molecule has 1 unspecified atom stereocenters. The van der Waals surface area contributed by atoms with Crippen LogP contribution in [0.4, 0.5) is 0 Å². The first-order chi connectivity index (χ1) is 5.77. The van der Waals surface area contributed by atoms with E-state index >= 15 is 0 Å². The summed E-state index contributed by atoms with van der Waals surface area (Å²) in [6.45, 7) is -0.117. The molecule has 0 bridgehead atoms. The van der Waals surface area contributed by atoms with Gasteiger partial charge in [0, 0.05) is 6.20 Å². The second-order valence-electron chi connectivity index (χ2n) is 2.38. The van der Waals surface area contributed by atoms with Crippen molar-refractivity contribution in [3.8, 4) is 6.07 Å². The minimum atomic E-state index is -0.412. The van der Waals surface area contributed by atoms with Crippen molar-refractivity contribution in [1.82, 2.24) is 4.98 Å². The lowest BCUT2D eigenvalue weighted by atomic mass is 10.1. The lowest BCUT2D eigenvalue weighted by Gasteiger charge is -2.06. The Bertz CT molecular complexity index is 288. The summed E-state index contributed by atoms with van der Waals surface area (Å²) >= 11 is 0. The van der Waals surface area contributed by atoms with Gasteiger partial charge in [0.15, 0.2) is 0 Å². The largest absolute Gasteiger partial charge is 0.394 e. The van der Waals surface area contributed by atoms with Crippen LogP contribution in [0, 0.1) is 11.3 Å². The van der Waals surface area contributed by atoms with Crippen molar-refractivity contribution in [3.05, 3.63) is 29.6 Å². The molecule has 62 valence electrons. The fourth-order valence-corrected chi connectivity index (χ4v) is 0.796. The average Bonchev–Trinajstić information content (AvgIpc) is 2.17. The number of hydrogen-bond acceptors (Lipinski definition) is 4. The van der Waals surface area contributed by atoms with Gasteiger partial charge in [-0.05, 0) is 11.6 Å². The van der Waals surface area contributed by atoms with Gasteiger partial charge in [-0.3, -0.25) is 0 Å². The molecule has 1 atom stereocenters. The monoisotopic (exact) mass is 163 g/mol. The van der Waals surface area contributed by atoms with Gasteiger partial charge in [-0.25, -0.2) is 4.98 Å². The zero-order valence-electron chi connectivity index (χ0n) is 6.44. The molecule has 0 amide bonds. The van der Waals surface area contributed by atoms with Crippen molar-refractivity contribution in [3.63, 3.8) is 0 Å². The fraction of sp³-hybridized carbons (Fsp3) is 0.250. The Hall–Kier alpha value is -1.44. The van der Waals surface area contributed by atoms with Crippen LogP contribution in [0.25, 0.3) is 0 Å². The highest BCUT2D eigenvalue weighted by Crippen LogP contribution is 2.07. The number of hydrogen-bond donors (Lipinski definition) is 2. The maximum absolute atomic E-state index is 8.70. The second kappa shape index (κ2) is 3.81. The van der Waals surface area contributed by atoms with Gasteiger partial charge in [0.1, 0.15) is 11.8 Å². The number of nitrogens with two attached hydrogens (primary N) is 1. The molecule has 1 rings (SSSR count). The summed E-state index contributed by atoms with van der Waals surface area (Å²) in [5.41, 5.74) is 6.60. The molecule has 1 aromatic heterocycles. The molecule has 0 saturated carbocycles. The van der Waals surface area contributed by atoms with Gasteiger partial charge in [0.2, 0.25) is 0 Å². The molecule has 4 heteroatoms.